The molecule has 0 radical (unpaired) electrons. The van der Waals surface area contributed by atoms with Crippen LogP contribution in [0.1, 0.15) is 60.0 Å². The Labute approximate surface area is 182 Å². The smallest absolute Gasteiger partial charge is 0.202 e. The SMILES string of the molecule is CC1CCN(c2cc(C3(C=O)CCOCC3)ccc2CC(=O)c2ncc(C#N)[nH]2)CC1. The van der Waals surface area contributed by atoms with Crippen LogP contribution in [0.3, 0.4) is 0 Å². The molecule has 162 valence electrons. The minimum atomic E-state index is -0.526. The number of aromatic amines is 1. The van der Waals surface area contributed by atoms with E-state index in [1.807, 2.05) is 18.2 Å². The van der Waals surface area contributed by atoms with Crippen LogP contribution in [0.15, 0.2) is 24.4 Å². The van der Waals surface area contributed by atoms with Crippen molar-refractivity contribution in [3.8, 4) is 6.07 Å². The zero-order valence-corrected chi connectivity index (χ0v) is 17.9. The molecular formula is C24H28N4O3. The summed E-state index contributed by atoms with van der Waals surface area (Å²) in [6.07, 6.45) is 6.20. The van der Waals surface area contributed by atoms with Crippen LogP contribution in [0.25, 0.3) is 0 Å². The van der Waals surface area contributed by atoms with Crippen LogP contribution in [-0.4, -0.2) is 48.3 Å². The molecule has 0 unspecified atom stereocenters. The van der Waals surface area contributed by atoms with Crippen LogP contribution in [-0.2, 0) is 21.4 Å². The number of benzene rings is 1. The third-order valence-electron chi connectivity index (χ3n) is 6.71. The van der Waals surface area contributed by atoms with Crippen LogP contribution in [0.5, 0.6) is 0 Å². The molecule has 0 aliphatic carbocycles. The summed E-state index contributed by atoms with van der Waals surface area (Å²) < 4.78 is 5.50. The standard InChI is InChI=1S/C24H28N4O3/c1-17-4-8-28(9-5-17)21-13-19(24(16-29)6-10-31-11-7-24)3-2-18(21)12-22(30)23-26-15-20(14-25)27-23/h2-3,13,15-17H,4-12H2,1H3,(H,26,27). The molecule has 2 aromatic rings. The minimum Gasteiger partial charge on any atom is -0.381 e. The third-order valence-corrected chi connectivity index (χ3v) is 6.71. The molecule has 7 heteroatoms. The van der Waals surface area contributed by atoms with E-state index in [9.17, 15) is 9.59 Å². The summed E-state index contributed by atoms with van der Waals surface area (Å²) >= 11 is 0. The van der Waals surface area contributed by atoms with Gasteiger partial charge in [0, 0.05) is 38.4 Å². The zero-order valence-electron chi connectivity index (χ0n) is 17.9. The molecule has 1 N–H and O–H groups in total. The number of hydrogen-bond acceptors (Lipinski definition) is 6. The quantitative estimate of drug-likeness (QED) is 0.569. The van der Waals surface area contributed by atoms with E-state index in [4.69, 9.17) is 10.00 Å². The Morgan fingerprint density at radius 2 is 2.10 bits per heavy atom. The number of aromatic nitrogens is 2. The van der Waals surface area contributed by atoms with Crippen LogP contribution < -0.4 is 4.90 Å². The lowest BCUT2D eigenvalue weighted by molar-refractivity contribution is -0.115. The predicted molar refractivity (Wildman–Crippen MR) is 116 cm³/mol. The maximum Gasteiger partial charge on any atom is 0.202 e. The van der Waals surface area contributed by atoms with Crippen molar-refractivity contribution < 1.29 is 14.3 Å². The molecule has 31 heavy (non-hydrogen) atoms. The Morgan fingerprint density at radius 3 is 2.74 bits per heavy atom. The molecule has 2 saturated heterocycles. The number of ketones is 1. The van der Waals surface area contributed by atoms with Gasteiger partial charge in [-0.1, -0.05) is 19.1 Å². The number of carbonyl (C=O) groups is 2. The number of aldehydes is 1. The van der Waals surface area contributed by atoms with E-state index < -0.39 is 5.41 Å². The number of nitriles is 1. The highest BCUT2D eigenvalue weighted by Crippen LogP contribution is 2.37. The average molecular weight is 421 g/mol. The summed E-state index contributed by atoms with van der Waals surface area (Å²) in [7, 11) is 0. The average Bonchev–Trinajstić information content (AvgIpc) is 3.30. The monoisotopic (exact) mass is 420 g/mol. The number of nitrogens with one attached hydrogen (secondary N) is 1. The molecule has 0 spiro atoms. The van der Waals surface area contributed by atoms with Gasteiger partial charge >= 0.3 is 0 Å². The van der Waals surface area contributed by atoms with E-state index in [2.05, 4.69) is 27.9 Å². The number of hydrogen-bond donors (Lipinski definition) is 1. The number of rotatable bonds is 6. The number of carbonyl (C=O) groups excluding carboxylic acids is 2. The summed E-state index contributed by atoms with van der Waals surface area (Å²) in [4.78, 5) is 34.1. The molecule has 3 heterocycles. The molecule has 0 bridgehead atoms. The Morgan fingerprint density at radius 1 is 1.35 bits per heavy atom. The number of piperidine rings is 1. The van der Waals surface area contributed by atoms with Crippen LogP contribution in [0, 0.1) is 17.2 Å². The second-order valence-electron chi connectivity index (χ2n) is 8.76. The van der Waals surface area contributed by atoms with Crippen molar-refractivity contribution in [3.05, 3.63) is 47.0 Å². The normalized spacial score (nSPS) is 19.0. The van der Waals surface area contributed by atoms with Gasteiger partial charge in [0.05, 0.1) is 11.6 Å². The first-order valence-electron chi connectivity index (χ1n) is 11.0. The van der Waals surface area contributed by atoms with Gasteiger partial charge in [0.2, 0.25) is 5.78 Å². The van der Waals surface area contributed by atoms with Crippen molar-refractivity contribution in [1.82, 2.24) is 9.97 Å². The second-order valence-corrected chi connectivity index (χ2v) is 8.76. The van der Waals surface area contributed by atoms with Crippen molar-refractivity contribution in [3.63, 3.8) is 0 Å². The zero-order chi connectivity index (χ0) is 21.8. The number of ether oxygens (including phenoxy) is 1. The summed E-state index contributed by atoms with van der Waals surface area (Å²) in [5.41, 5.74) is 2.70. The summed E-state index contributed by atoms with van der Waals surface area (Å²) in [6.45, 7) is 5.29. The van der Waals surface area contributed by atoms with E-state index in [0.29, 0.717) is 32.0 Å². The first-order valence-corrected chi connectivity index (χ1v) is 11.0. The van der Waals surface area contributed by atoms with Crippen LogP contribution in [0.2, 0.25) is 0 Å². The highest BCUT2D eigenvalue weighted by atomic mass is 16.5. The van der Waals surface area contributed by atoms with Crippen molar-refractivity contribution in [2.45, 2.75) is 44.4 Å². The second kappa shape index (κ2) is 9.03. The first kappa shape index (κ1) is 21.3. The maximum absolute atomic E-state index is 12.8. The molecule has 0 amide bonds. The minimum absolute atomic E-state index is 0.156. The fraction of sp³-hybridized carbons (Fsp3) is 0.500. The van der Waals surface area contributed by atoms with Gasteiger partial charge in [0.1, 0.15) is 18.0 Å². The van der Waals surface area contributed by atoms with Gasteiger partial charge in [-0.05, 0) is 48.8 Å². The predicted octanol–water partition coefficient (Wildman–Crippen LogP) is 3.19. The molecule has 0 atom stereocenters. The van der Waals surface area contributed by atoms with Gasteiger partial charge in [0.15, 0.2) is 5.82 Å². The fourth-order valence-electron chi connectivity index (χ4n) is 4.55. The van der Waals surface area contributed by atoms with E-state index >= 15 is 0 Å². The Bertz CT molecular complexity index is 992. The number of nitrogens with zero attached hydrogens (tertiary/aromatic N) is 3. The lowest BCUT2D eigenvalue weighted by Gasteiger charge is -2.36. The molecule has 1 aromatic heterocycles. The molecule has 2 aliphatic rings. The number of H-pyrrole nitrogens is 1. The number of anilines is 1. The molecule has 1 aromatic carbocycles. The van der Waals surface area contributed by atoms with Crippen molar-refractivity contribution in [1.29, 1.82) is 5.26 Å². The van der Waals surface area contributed by atoms with Gasteiger partial charge < -0.3 is 19.4 Å². The van der Waals surface area contributed by atoms with Gasteiger partial charge in [-0.25, -0.2) is 4.98 Å². The first-order chi connectivity index (χ1) is 15.0. The molecule has 0 saturated carbocycles. The molecule has 2 aliphatic heterocycles. The Kier molecular flexibility index (Phi) is 6.19. The van der Waals surface area contributed by atoms with E-state index in [-0.39, 0.29) is 23.7 Å². The van der Waals surface area contributed by atoms with E-state index in [1.54, 1.807) is 0 Å². The Hall–Kier alpha value is -2.98. The number of Topliss-reactive ketones (excluding diaryl/α,β-unsaturated/α-hetero) is 1. The molecule has 2 fully saturated rings. The van der Waals surface area contributed by atoms with Gasteiger partial charge in [0.25, 0.3) is 0 Å². The molecule has 4 rings (SSSR count). The fourth-order valence-corrected chi connectivity index (χ4v) is 4.55. The lowest BCUT2D eigenvalue weighted by Crippen LogP contribution is -2.37. The van der Waals surface area contributed by atoms with Crippen molar-refractivity contribution in [2.75, 3.05) is 31.2 Å². The maximum atomic E-state index is 12.8. The number of imidazole rings is 1. The largest absolute Gasteiger partial charge is 0.381 e. The van der Waals surface area contributed by atoms with E-state index in [1.165, 1.54) is 6.20 Å². The topological polar surface area (TPSA) is 99.1 Å². The summed E-state index contributed by atoms with van der Waals surface area (Å²) in [5.74, 6) is 0.735. The summed E-state index contributed by atoms with van der Waals surface area (Å²) in [5, 5.41) is 8.98. The molecular weight excluding hydrogens is 392 g/mol. The third kappa shape index (κ3) is 4.40. The van der Waals surface area contributed by atoms with E-state index in [0.717, 1.165) is 49.0 Å². The highest BCUT2D eigenvalue weighted by Gasteiger charge is 2.35. The lowest BCUT2D eigenvalue weighted by atomic mass is 9.75. The highest BCUT2D eigenvalue weighted by molar-refractivity contribution is 5.95. The summed E-state index contributed by atoms with van der Waals surface area (Å²) in [6, 6.07) is 8.05. The molecule has 7 nitrogen and oxygen atoms in total. The van der Waals surface area contributed by atoms with Gasteiger partial charge in [-0.15, -0.1) is 0 Å². The van der Waals surface area contributed by atoms with Gasteiger partial charge in [-0.3, -0.25) is 4.79 Å². The Balaban J connectivity index is 1.67. The van der Waals surface area contributed by atoms with Crippen molar-refractivity contribution in [2.24, 2.45) is 5.92 Å². The van der Waals surface area contributed by atoms with Crippen LogP contribution in [0.4, 0.5) is 5.69 Å². The van der Waals surface area contributed by atoms with Crippen LogP contribution >= 0.6 is 0 Å². The van der Waals surface area contributed by atoms with Gasteiger partial charge in [-0.2, -0.15) is 5.26 Å². The van der Waals surface area contributed by atoms with Crippen molar-refractivity contribution >= 4 is 17.8 Å².